The first-order valence-corrected chi connectivity index (χ1v) is 10.9. The SMILES string of the molecule is N#Cc1cc([N+](=O)[O-])ccc1NC(=O)C(=O)[C@@H](C(=O)/C=C\c1ccccc1)[C@H]1OC(=O)c2ccccc21. The molecule has 3 aromatic carbocycles. The van der Waals surface area contributed by atoms with Crippen LogP contribution in [0, 0.1) is 27.4 Å². The summed E-state index contributed by atoms with van der Waals surface area (Å²) in [5.74, 6) is -5.68. The maximum absolute atomic E-state index is 13.3. The van der Waals surface area contributed by atoms with Gasteiger partial charge < -0.3 is 10.1 Å². The number of allylic oxidation sites excluding steroid dienone is 1. The Labute approximate surface area is 209 Å². The fourth-order valence-corrected chi connectivity index (χ4v) is 3.86. The second-order valence-electron chi connectivity index (χ2n) is 7.95. The number of hydrogen-bond acceptors (Lipinski definition) is 8. The van der Waals surface area contributed by atoms with E-state index in [1.54, 1.807) is 48.5 Å². The number of cyclic esters (lactones) is 1. The molecule has 0 saturated carbocycles. The van der Waals surface area contributed by atoms with E-state index in [1.165, 1.54) is 18.2 Å². The molecule has 2 atom stereocenters. The minimum absolute atomic E-state index is 0.152. The standard InChI is InChI=1S/C27H17N3O7/c28-15-17-14-18(30(35)36)11-12-21(17)29-26(33)24(32)23(22(31)13-10-16-6-2-1-3-7-16)25-19-8-4-5-9-20(19)27(34)37-25/h1-14,23,25H,(H,29,33)/b13-10-/t23-,25+/m1/s1. The lowest BCUT2D eigenvalue weighted by Gasteiger charge is -2.20. The molecule has 3 aromatic rings. The first-order chi connectivity index (χ1) is 17.8. The van der Waals surface area contributed by atoms with Crippen molar-refractivity contribution in [2.45, 2.75) is 6.10 Å². The van der Waals surface area contributed by atoms with Crippen molar-refractivity contribution in [3.05, 3.63) is 111 Å². The Morgan fingerprint density at radius 2 is 1.76 bits per heavy atom. The van der Waals surface area contributed by atoms with Crippen LogP contribution in [0.1, 0.15) is 33.2 Å². The Hall–Kier alpha value is -5.43. The van der Waals surface area contributed by atoms with Gasteiger partial charge in [-0.05, 0) is 23.8 Å². The van der Waals surface area contributed by atoms with Gasteiger partial charge in [-0.2, -0.15) is 5.26 Å². The highest BCUT2D eigenvalue weighted by atomic mass is 16.6. The van der Waals surface area contributed by atoms with Gasteiger partial charge in [0.25, 0.3) is 11.6 Å². The van der Waals surface area contributed by atoms with E-state index in [1.807, 2.05) is 0 Å². The van der Waals surface area contributed by atoms with Gasteiger partial charge in [-0.1, -0.05) is 54.6 Å². The number of fused-ring (bicyclic) bond motifs is 1. The number of Topliss-reactive ketones (excluding diaryl/α,β-unsaturated/α-hetero) is 1. The Balaban J connectivity index is 1.67. The topological polar surface area (TPSA) is 156 Å². The molecule has 1 aliphatic rings. The summed E-state index contributed by atoms with van der Waals surface area (Å²) in [4.78, 5) is 62.2. The van der Waals surface area contributed by atoms with Gasteiger partial charge in [-0.25, -0.2) is 4.79 Å². The highest BCUT2D eigenvalue weighted by Gasteiger charge is 2.45. The molecule has 0 aliphatic carbocycles. The molecule has 0 bridgehead atoms. The number of anilines is 1. The molecule has 182 valence electrons. The Morgan fingerprint density at radius 3 is 2.46 bits per heavy atom. The number of amides is 1. The lowest BCUT2D eigenvalue weighted by atomic mass is 9.86. The molecule has 1 N–H and O–H groups in total. The number of nitrogens with zero attached hydrogens (tertiary/aromatic N) is 2. The van der Waals surface area contributed by atoms with Crippen LogP contribution in [0.2, 0.25) is 0 Å². The number of nitro groups is 1. The zero-order valence-corrected chi connectivity index (χ0v) is 19.0. The first kappa shape index (κ1) is 24.7. The number of carbonyl (C=O) groups excluding carboxylic acids is 4. The summed E-state index contributed by atoms with van der Waals surface area (Å²) in [6.07, 6.45) is 1.25. The lowest BCUT2D eigenvalue weighted by molar-refractivity contribution is -0.384. The van der Waals surface area contributed by atoms with Crippen LogP contribution in [-0.2, 0) is 19.1 Å². The van der Waals surface area contributed by atoms with Gasteiger partial charge in [0, 0.05) is 17.7 Å². The van der Waals surface area contributed by atoms with Crippen LogP contribution in [0.5, 0.6) is 0 Å². The highest BCUT2D eigenvalue weighted by molar-refractivity contribution is 6.45. The molecule has 0 aromatic heterocycles. The third-order valence-electron chi connectivity index (χ3n) is 5.66. The summed E-state index contributed by atoms with van der Waals surface area (Å²) in [7, 11) is 0. The molecule has 4 rings (SSSR count). The summed E-state index contributed by atoms with van der Waals surface area (Å²) < 4.78 is 5.35. The molecule has 0 radical (unpaired) electrons. The van der Waals surface area contributed by atoms with Crippen LogP contribution in [0.15, 0.2) is 78.9 Å². The number of nitriles is 1. The molecule has 0 unspecified atom stereocenters. The van der Waals surface area contributed by atoms with Crippen molar-refractivity contribution in [1.29, 1.82) is 5.26 Å². The number of benzene rings is 3. The van der Waals surface area contributed by atoms with E-state index in [4.69, 9.17) is 4.74 Å². The lowest BCUT2D eigenvalue weighted by Crippen LogP contribution is -2.37. The zero-order chi connectivity index (χ0) is 26.5. The smallest absolute Gasteiger partial charge is 0.339 e. The van der Waals surface area contributed by atoms with Crippen LogP contribution >= 0.6 is 0 Å². The van der Waals surface area contributed by atoms with Gasteiger partial charge >= 0.3 is 5.97 Å². The van der Waals surface area contributed by atoms with E-state index in [0.29, 0.717) is 5.56 Å². The number of carbonyl (C=O) groups is 4. The molecule has 37 heavy (non-hydrogen) atoms. The van der Waals surface area contributed by atoms with E-state index in [2.05, 4.69) is 5.32 Å². The van der Waals surface area contributed by atoms with E-state index < -0.39 is 40.4 Å². The number of non-ortho nitro benzene ring substituents is 1. The third kappa shape index (κ3) is 5.16. The second kappa shape index (κ2) is 10.5. The Kier molecular flexibility index (Phi) is 6.97. The summed E-state index contributed by atoms with van der Waals surface area (Å²) in [5.41, 5.74) is 0.344. The summed E-state index contributed by atoms with van der Waals surface area (Å²) >= 11 is 0. The maximum Gasteiger partial charge on any atom is 0.339 e. The molecule has 10 heteroatoms. The molecule has 0 spiro atoms. The fraction of sp³-hybridized carbons (Fsp3) is 0.0741. The van der Waals surface area contributed by atoms with E-state index in [9.17, 15) is 34.6 Å². The third-order valence-corrected chi connectivity index (χ3v) is 5.66. The number of rotatable bonds is 8. The van der Waals surface area contributed by atoms with Crippen LogP contribution in [0.25, 0.3) is 6.08 Å². The predicted molar refractivity (Wildman–Crippen MR) is 130 cm³/mol. The van der Waals surface area contributed by atoms with Gasteiger partial charge in [0.15, 0.2) is 5.78 Å². The predicted octanol–water partition coefficient (Wildman–Crippen LogP) is 3.78. The minimum Gasteiger partial charge on any atom is -0.453 e. The van der Waals surface area contributed by atoms with Gasteiger partial charge in [-0.3, -0.25) is 24.5 Å². The van der Waals surface area contributed by atoms with Crippen LogP contribution in [-0.4, -0.2) is 28.4 Å². The van der Waals surface area contributed by atoms with Crippen molar-refractivity contribution >= 4 is 40.9 Å². The average molecular weight is 495 g/mol. The molecular weight excluding hydrogens is 478 g/mol. The highest BCUT2D eigenvalue weighted by Crippen LogP contribution is 2.37. The van der Waals surface area contributed by atoms with Crippen molar-refractivity contribution in [3.63, 3.8) is 0 Å². The van der Waals surface area contributed by atoms with Gasteiger partial charge in [0.2, 0.25) is 5.78 Å². The van der Waals surface area contributed by atoms with Crippen LogP contribution in [0.3, 0.4) is 0 Å². The summed E-state index contributed by atoms with van der Waals surface area (Å²) in [6, 6.07) is 19.8. The second-order valence-corrected chi connectivity index (χ2v) is 7.95. The number of esters is 1. The molecule has 1 amide bonds. The van der Waals surface area contributed by atoms with Crippen molar-refractivity contribution in [2.75, 3.05) is 5.32 Å². The average Bonchev–Trinajstić information content (AvgIpc) is 3.24. The van der Waals surface area contributed by atoms with Gasteiger partial charge in [0.05, 0.1) is 21.7 Å². The van der Waals surface area contributed by atoms with E-state index >= 15 is 0 Å². The van der Waals surface area contributed by atoms with Gasteiger partial charge in [0.1, 0.15) is 18.1 Å². The molecule has 0 saturated heterocycles. The Bertz CT molecular complexity index is 1510. The number of hydrogen-bond donors (Lipinski definition) is 1. The van der Waals surface area contributed by atoms with Gasteiger partial charge in [-0.15, -0.1) is 0 Å². The number of ether oxygens (including phenoxy) is 1. The largest absolute Gasteiger partial charge is 0.453 e. The maximum atomic E-state index is 13.3. The number of ketones is 2. The zero-order valence-electron chi connectivity index (χ0n) is 19.0. The van der Waals surface area contributed by atoms with Crippen molar-refractivity contribution in [3.8, 4) is 6.07 Å². The number of nitro benzene ring substituents is 1. The fourth-order valence-electron chi connectivity index (χ4n) is 3.86. The Morgan fingerprint density at radius 1 is 1.05 bits per heavy atom. The first-order valence-electron chi connectivity index (χ1n) is 10.9. The molecule has 1 heterocycles. The van der Waals surface area contributed by atoms with Crippen molar-refractivity contribution < 1.29 is 28.8 Å². The molecule has 0 fully saturated rings. The monoisotopic (exact) mass is 495 g/mol. The van der Waals surface area contributed by atoms with E-state index in [-0.39, 0.29) is 28.1 Å². The number of nitrogens with one attached hydrogen (secondary N) is 1. The summed E-state index contributed by atoms with van der Waals surface area (Å²) in [5, 5.41) is 22.6. The van der Waals surface area contributed by atoms with Crippen LogP contribution < -0.4 is 5.32 Å². The summed E-state index contributed by atoms with van der Waals surface area (Å²) in [6.45, 7) is 0. The van der Waals surface area contributed by atoms with Crippen molar-refractivity contribution in [1.82, 2.24) is 0 Å². The minimum atomic E-state index is -1.71. The van der Waals surface area contributed by atoms with E-state index in [0.717, 1.165) is 24.3 Å². The molecular formula is C27H17N3O7. The quantitative estimate of drug-likeness (QED) is 0.124. The normalized spacial score (nSPS) is 14.8. The molecule has 1 aliphatic heterocycles. The molecule has 10 nitrogen and oxygen atoms in total. The van der Waals surface area contributed by atoms with Crippen LogP contribution in [0.4, 0.5) is 11.4 Å². The van der Waals surface area contributed by atoms with Crippen molar-refractivity contribution in [2.24, 2.45) is 5.92 Å².